The van der Waals surface area contributed by atoms with Crippen molar-refractivity contribution in [2.45, 2.75) is 13.0 Å². The van der Waals surface area contributed by atoms with Crippen molar-refractivity contribution < 1.29 is 13.9 Å². The Morgan fingerprint density at radius 1 is 1.28 bits per heavy atom. The van der Waals surface area contributed by atoms with Gasteiger partial charge in [-0.2, -0.15) is 0 Å². The van der Waals surface area contributed by atoms with Gasteiger partial charge in [0.25, 0.3) is 0 Å². The van der Waals surface area contributed by atoms with Crippen LogP contribution in [0.5, 0.6) is 0 Å². The van der Waals surface area contributed by atoms with E-state index in [4.69, 9.17) is 4.74 Å². The Kier molecular flexibility index (Phi) is 4.94. The SMILES string of the molecule is COC(=O)C1=C(C)NC(c2ncccc2F)=NC1c1ccccc1Br. The third kappa shape index (κ3) is 3.32. The van der Waals surface area contributed by atoms with Gasteiger partial charge in [0.05, 0.1) is 12.7 Å². The molecule has 7 heteroatoms. The molecule has 0 bridgehead atoms. The van der Waals surface area contributed by atoms with Crippen molar-refractivity contribution in [1.82, 2.24) is 10.3 Å². The van der Waals surface area contributed by atoms with Crippen molar-refractivity contribution >= 4 is 27.7 Å². The zero-order valence-electron chi connectivity index (χ0n) is 13.6. The maximum absolute atomic E-state index is 14.1. The highest BCUT2D eigenvalue weighted by atomic mass is 79.9. The molecule has 1 aromatic carbocycles. The molecule has 3 rings (SSSR count). The number of methoxy groups -OCH3 is 1. The normalized spacial score (nSPS) is 17.0. The topological polar surface area (TPSA) is 63.6 Å². The van der Waals surface area contributed by atoms with Gasteiger partial charge in [0.1, 0.15) is 11.7 Å². The number of hydrogen-bond donors (Lipinski definition) is 1. The summed E-state index contributed by atoms with van der Waals surface area (Å²) in [4.78, 5) is 20.9. The Morgan fingerprint density at radius 2 is 2.04 bits per heavy atom. The number of nitrogens with zero attached hydrogens (tertiary/aromatic N) is 2. The molecule has 1 aliphatic rings. The second-order valence-corrected chi connectivity index (χ2v) is 6.25. The number of pyridine rings is 1. The highest BCUT2D eigenvalue weighted by molar-refractivity contribution is 9.10. The van der Waals surface area contributed by atoms with E-state index in [0.29, 0.717) is 11.3 Å². The Morgan fingerprint density at radius 3 is 2.72 bits per heavy atom. The van der Waals surface area contributed by atoms with E-state index in [1.807, 2.05) is 24.3 Å². The van der Waals surface area contributed by atoms with Crippen molar-refractivity contribution in [1.29, 1.82) is 0 Å². The van der Waals surface area contributed by atoms with Gasteiger partial charge in [0.2, 0.25) is 0 Å². The third-order valence-corrected chi connectivity index (χ3v) is 4.55. The molecule has 1 unspecified atom stereocenters. The molecular formula is C18H15BrFN3O2. The van der Waals surface area contributed by atoms with Gasteiger partial charge in [-0.15, -0.1) is 0 Å². The van der Waals surface area contributed by atoms with Crippen molar-refractivity contribution in [3.8, 4) is 0 Å². The Hall–Kier alpha value is -2.54. The van der Waals surface area contributed by atoms with Gasteiger partial charge in [0.15, 0.2) is 11.7 Å². The van der Waals surface area contributed by atoms with E-state index >= 15 is 0 Å². The second kappa shape index (κ2) is 7.14. The van der Waals surface area contributed by atoms with Crippen molar-refractivity contribution in [2.24, 2.45) is 4.99 Å². The molecule has 1 aliphatic heterocycles. The predicted octanol–water partition coefficient (Wildman–Crippen LogP) is 3.52. The second-order valence-electron chi connectivity index (χ2n) is 5.39. The molecule has 2 aromatic rings. The maximum Gasteiger partial charge on any atom is 0.338 e. The summed E-state index contributed by atoms with van der Waals surface area (Å²) in [6, 6.07) is 9.62. The van der Waals surface area contributed by atoms with E-state index in [-0.39, 0.29) is 11.5 Å². The molecule has 5 nitrogen and oxygen atoms in total. The summed E-state index contributed by atoms with van der Waals surface area (Å²) in [6.07, 6.45) is 1.49. The number of rotatable bonds is 3. The minimum Gasteiger partial charge on any atom is -0.466 e. The van der Waals surface area contributed by atoms with Gasteiger partial charge in [0, 0.05) is 16.4 Å². The first-order chi connectivity index (χ1) is 12.0. The van der Waals surface area contributed by atoms with Crippen molar-refractivity contribution in [3.63, 3.8) is 0 Å². The lowest BCUT2D eigenvalue weighted by molar-refractivity contribution is -0.136. The Bertz CT molecular complexity index is 895. The van der Waals surface area contributed by atoms with Crippen LogP contribution < -0.4 is 5.32 Å². The van der Waals surface area contributed by atoms with Crippen LogP contribution in [0, 0.1) is 5.82 Å². The highest BCUT2D eigenvalue weighted by Crippen LogP contribution is 2.35. The van der Waals surface area contributed by atoms with Crippen LogP contribution in [-0.4, -0.2) is 23.9 Å². The number of carbonyl (C=O) groups excluding carboxylic acids is 1. The first-order valence-corrected chi connectivity index (χ1v) is 8.31. The van der Waals surface area contributed by atoms with Gasteiger partial charge >= 0.3 is 5.97 Å². The van der Waals surface area contributed by atoms with Crippen LogP contribution in [0.3, 0.4) is 0 Å². The average Bonchev–Trinajstić information content (AvgIpc) is 2.61. The molecule has 0 aliphatic carbocycles. The summed E-state index contributed by atoms with van der Waals surface area (Å²) >= 11 is 3.49. The molecular weight excluding hydrogens is 389 g/mol. The molecule has 0 spiro atoms. The first kappa shape index (κ1) is 17.3. The molecule has 128 valence electrons. The first-order valence-electron chi connectivity index (χ1n) is 7.52. The highest BCUT2D eigenvalue weighted by Gasteiger charge is 2.32. The summed E-state index contributed by atoms with van der Waals surface area (Å²) in [5.41, 5.74) is 1.79. The van der Waals surface area contributed by atoms with E-state index in [1.54, 1.807) is 6.92 Å². The van der Waals surface area contributed by atoms with Gasteiger partial charge in [-0.1, -0.05) is 34.1 Å². The minimum absolute atomic E-state index is 0.0998. The van der Waals surface area contributed by atoms with Gasteiger partial charge in [-0.25, -0.2) is 14.2 Å². The van der Waals surface area contributed by atoms with Crippen molar-refractivity contribution in [3.05, 3.63) is 75.4 Å². The van der Waals surface area contributed by atoms with Crippen LogP contribution in [0.4, 0.5) is 4.39 Å². The summed E-state index contributed by atoms with van der Waals surface area (Å²) in [5, 5.41) is 2.97. The summed E-state index contributed by atoms with van der Waals surface area (Å²) in [6.45, 7) is 1.73. The number of esters is 1. The van der Waals surface area contributed by atoms with E-state index in [9.17, 15) is 9.18 Å². The average molecular weight is 404 g/mol. The molecule has 1 N–H and O–H groups in total. The molecule has 0 radical (unpaired) electrons. The fraction of sp³-hybridized carbons (Fsp3) is 0.167. The predicted molar refractivity (Wildman–Crippen MR) is 95.5 cm³/mol. The van der Waals surface area contributed by atoms with Crippen LogP contribution >= 0.6 is 15.9 Å². The fourth-order valence-corrected chi connectivity index (χ4v) is 3.15. The van der Waals surface area contributed by atoms with E-state index < -0.39 is 17.8 Å². The van der Waals surface area contributed by atoms with Crippen molar-refractivity contribution in [2.75, 3.05) is 7.11 Å². The number of aliphatic imine (C=N–C) groups is 1. The number of halogens is 2. The molecule has 0 amide bonds. The molecule has 0 saturated carbocycles. The zero-order valence-corrected chi connectivity index (χ0v) is 15.2. The molecule has 25 heavy (non-hydrogen) atoms. The lowest BCUT2D eigenvalue weighted by Crippen LogP contribution is -2.33. The van der Waals surface area contributed by atoms with Crippen LogP contribution in [0.25, 0.3) is 0 Å². The molecule has 0 saturated heterocycles. The summed E-state index contributed by atoms with van der Waals surface area (Å²) in [7, 11) is 1.32. The number of hydrogen-bond acceptors (Lipinski definition) is 5. The lowest BCUT2D eigenvalue weighted by Gasteiger charge is -2.26. The standard InChI is InChI=1S/C18H15BrFN3O2/c1-10-14(18(24)25-2)15(11-6-3-4-7-12(11)19)23-17(22-10)16-13(20)8-5-9-21-16/h3-9,15H,1-2H3,(H,22,23). The largest absolute Gasteiger partial charge is 0.466 e. The minimum atomic E-state index is -0.638. The van der Waals surface area contributed by atoms with Crippen LogP contribution in [-0.2, 0) is 9.53 Å². The lowest BCUT2D eigenvalue weighted by atomic mass is 9.96. The summed E-state index contributed by atoms with van der Waals surface area (Å²) < 4.78 is 19.8. The monoisotopic (exact) mass is 403 g/mol. The summed E-state index contributed by atoms with van der Waals surface area (Å²) in [5.74, 6) is -0.715. The number of aromatic nitrogens is 1. The van der Waals surface area contributed by atoms with E-state index in [1.165, 1.54) is 25.4 Å². The van der Waals surface area contributed by atoms with Gasteiger partial charge < -0.3 is 10.1 Å². The van der Waals surface area contributed by atoms with Gasteiger partial charge in [-0.05, 0) is 30.7 Å². The third-order valence-electron chi connectivity index (χ3n) is 3.83. The molecule has 1 atom stereocenters. The van der Waals surface area contributed by atoms with Crippen LogP contribution in [0.15, 0.2) is 63.3 Å². The maximum atomic E-state index is 14.1. The number of allylic oxidation sites excluding steroid dienone is 1. The smallest absolute Gasteiger partial charge is 0.338 e. The molecule has 0 fully saturated rings. The molecule has 2 heterocycles. The van der Waals surface area contributed by atoms with Gasteiger partial charge in [-0.3, -0.25) is 4.99 Å². The fourth-order valence-electron chi connectivity index (χ4n) is 2.65. The van der Waals surface area contributed by atoms with E-state index in [0.717, 1.165) is 10.0 Å². The van der Waals surface area contributed by atoms with Crippen LogP contribution in [0.1, 0.15) is 24.2 Å². The number of amidine groups is 1. The zero-order chi connectivity index (χ0) is 18.0. The molecule has 1 aromatic heterocycles. The quantitative estimate of drug-likeness (QED) is 0.796. The van der Waals surface area contributed by atoms with E-state index in [2.05, 4.69) is 31.2 Å². The van der Waals surface area contributed by atoms with Crippen LogP contribution in [0.2, 0.25) is 0 Å². The number of nitrogens with one attached hydrogen (secondary N) is 1. The Balaban J connectivity index is 2.16. The number of ether oxygens (including phenoxy) is 1. The number of carbonyl (C=O) groups is 1. The Labute approximate surface area is 152 Å². The number of benzene rings is 1.